The van der Waals surface area contributed by atoms with Crippen molar-refractivity contribution in [3.8, 4) is 16.9 Å². The lowest BCUT2D eigenvalue weighted by Gasteiger charge is -2.41. The van der Waals surface area contributed by atoms with Crippen molar-refractivity contribution in [3.63, 3.8) is 0 Å². The first-order chi connectivity index (χ1) is 15.8. The van der Waals surface area contributed by atoms with Crippen LogP contribution in [-0.2, 0) is 19.7 Å². The molecule has 2 N–H and O–H groups in total. The molecule has 5 rings (SSSR count). The summed E-state index contributed by atoms with van der Waals surface area (Å²) in [5.74, 6) is 1.59. The fourth-order valence-electron chi connectivity index (χ4n) is 5.31. The maximum atomic E-state index is 12.7. The second-order valence-electron chi connectivity index (χ2n) is 8.81. The Bertz CT molecular complexity index is 1200. The van der Waals surface area contributed by atoms with Gasteiger partial charge in [-0.05, 0) is 42.3 Å². The number of fused-ring (bicyclic) bond motifs is 4. The average Bonchev–Trinajstić information content (AvgIpc) is 3.21. The number of furan rings is 1. The van der Waals surface area contributed by atoms with Gasteiger partial charge in [0.25, 0.3) is 5.56 Å². The Labute approximate surface area is 187 Å². The maximum Gasteiger partial charge on any atom is 0.573 e. The lowest BCUT2D eigenvalue weighted by Crippen LogP contribution is -3.13. The van der Waals surface area contributed by atoms with E-state index >= 15 is 0 Å². The van der Waals surface area contributed by atoms with Crippen molar-refractivity contribution in [3.05, 3.63) is 76.1 Å². The zero-order valence-electron chi connectivity index (χ0n) is 17.8. The summed E-state index contributed by atoms with van der Waals surface area (Å²) in [5, 5.41) is 9.24. The van der Waals surface area contributed by atoms with Crippen molar-refractivity contribution in [2.24, 2.45) is 5.92 Å². The third-order valence-electron chi connectivity index (χ3n) is 6.48. The van der Waals surface area contributed by atoms with Crippen molar-refractivity contribution >= 4 is 0 Å². The van der Waals surface area contributed by atoms with Crippen LogP contribution in [0.15, 0.2) is 57.7 Å². The highest BCUT2D eigenvalue weighted by molar-refractivity contribution is 5.67. The van der Waals surface area contributed by atoms with E-state index < -0.39 is 6.36 Å². The molecule has 3 atom stereocenters. The maximum absolute atomic E-state index is 12.7. The summed E-state index contributed by atoms with van der Waals surface area (Å²) < 4.78 is 49.0. The molecule has 0 radical (unpaired) electrons. The van der Waals surface area contributed by atoms with Gasteiger partial charge in [-0.3, -0.25) is 4.79 Å². The van der Waals surface area contributed by atoms with E-state index in [0.29, 0.717) is 24.8 Å². The highest BCUT2D eigenvalue weighted by Gasteiger charge is 2.39. The van der Waals surface area contributed by atoms with Crippen LogP contribution < -0.4 is 15.2 Å². The number of hydrogen-bond acceptors (Lipinski definition) is 4. The quantitative estimate of drug-likeness (QED) is 0.613. The standard InChI is InChI=1S/C24H23F3N2O4/c25-24(26,27)33-18-3-1-16(2-4-18)21-7-8-22(31)29-11-15-9-17(23(21)29)12-28(10-15)13-19-5-6-20(14-30)32-19/h1-8,15,17,30H,9-14H2/p+1/t15-,17+/m0/s1. The van der Waals surface area contributed by atoms with Gasteiger partial charge in [0.05, 0.1) is 13.1 Å². The van der Waals surface area contributed by atoms with Crippen LogP contribution in [0.1, 0.15) is 29.6 Å². The Morgan fingerprint density at radius 2 is 1.82 bits per heavy atom. The number of hydrogen-bond donors (Lipinski definition) is 2. The minimum atomic E-state index is -4.74. The predicted octanol–water partition coefficient (Wildman–Crippen LogP) is 2.70. The van der Waals surface area contributed by atoms with Gasteiger partial charge in [0, 0.05) is 35.7 Å². The zero-order chi connectivity index (χ0) is 23.2. The number of nitrogens with zero attached hydrogens (tertiary/aromatic N) is 1. The first-order valence-electron chi connectivity index (χ1n) is 10.9. The monoisotopic (exact) mass is 461 g/mol. The molecule has 2 aliphatic heterocycles. The molecule has 0 aliphatic carbocycles. The second kappa shape index (κ2) is 8.39. The highest BCUT2D eigenvalue weighted by atomic mass is 19.4. The summed E-state index contributed by atoms with van der Waals surface area (Å²) in [5.41, 5.74) is 2.49. The largest absolute Gasteiger partial charge is 0.573 e. The SMILES string of the molecule is O=c1ccc(-c2ccc(OC(F)(F)F)cc2)c2n1C[C@H]1C[C@@H]2C[NH+](Cc2ccc(CO)o2)C1. The highest BCUT2D eigenvalue weighted by Crippen LogP contribution is 2.37. The zero-order valence-corrected chi connectivity index (χ0v) is 17.8. The summed E-state index contributed by atoms with van der Waals surface area (Å²) in [6.07, 6.45) is -3.77. The number of quaternary nitrogens is 1. The predicted molar refractivity (Wildman–Crippen MR) is 113 cm³/mol. The van der Waals surface area contributed by atoms with Crippen molar-refractivity contribution in [2.75, 3.05) is 13.1 Å². The Morgan fingerprint density at radius 3 is 2.52 bits per heavy atom. The molecule has 174 valence electrons. The number of alkyl halides is 3. The number of nitrogens with one attached hydrogen (secondary N) is 1. The Hall–Kier alpha value is -3.04. The Morgan fingerprint density at radius 1 is 1.06 bits per heavy atom. The van der Waals surface area contributed by atoms with Crippen LogP contribution in [0, 0.1) is 5.92 Å². The van der Waals surface area contributed by atoms with Crippen molar-refractivity contribution in [1.29, 1.82) is 0 Å². The molecular weight excluding hydrogens is 437 g/mol. The first kappa shape index (κ1) is 21.8. The van der Waals surface area contributed by atoms with Crippen LogP contribution in [0.4, 0.5) is 13.2 Å². The smallest absolute Gasteiger partial charge is 0.458 e. The van der Waals surface area contributed by atoms with Crippen LogP contribution >= 0.6 is 0 Å². The summed E-state index contributed by atoms with van der Waals surface area (Å²) in [7, 11) is 0. The van der Waals surface area contributed by atoms with Crippen LogP contribution in [0.25, 0.3) is 11.1 Å². The van der Waals surface area contributed by atoms with Crippen LogP contribution in [0.3, 0.4) is 0 Å². The fourth-order valence-corrected chi connectivity index (χ4v) is 5.31. The number of ether oxygens (including phenoxy) is 1. The molecule has 2 bridgehead atoms. The molecule has 0 amide bonds. The van der Waals surface area contributed by atoms with E-state index in [-0.39, 0.29) is 23.8 Å². The van der Waals surface area contributed by atoms with Gasteiger partial charge in [0.2, 0.25) is 0 Å². The number of likely N-dealkylation sites (tertiary alicyclic amines) is 1. The van der Waals surface area contributed by atoms with Crippen molar-refractivity contribution in [1.82, 2.24) is 4.57 Å². The molecule has 3 aromatic rings. The Balaban J connectivity index is 1.44. The topological polar surface area (TPSA) is 69.0 Å². The average molecular weight is 461 g/mol. The van der Waals surface area contributed by atoms with E-state index in [1.807, 2.05) is 10.6 Å². The summed E-state index contributed by atoms with van der Waals surface area (Å²) in [4.78, 5) is 14.0. The molecule has 6 nitrogen and oxygen atoms in total. The van der Waals surface area contributed by atoms with E-state index in [1.54, 1.807) is 24.3 Å². The minimum Gasteiger partial charge on any atom is -0.458 e. The van der Waals surface area contributed by atoms with E-state index in [4.69, 9.17) is 4.42 Å². The molecule has 0 saturated carbocycles. The summed E-state index contributed by atoms with van der Waals surface area (Å²) in [6.45, 7) is 2.93. The third kappa shape index (κ3) is 4.56. The fraction of sp³-hybridized carbons (Fsp3) is 0.375. The second-order valence-corrected chi connectivity index (χ2v) is 8.81. The van der Waals surface area contributed by atoms with Gasteiger partial charge in [-0.1, -0.05) is 12.1 Å². The summed E-state index contributed by atoms with van der Waals surface area (Å²) in [6, 6.07) is 12.7. The molecule has 2 aromatic heterocycles. The van der Waals surface area contributed by atoms with Gasteiger partial charge < -0.3 is 23.7 Å². The number of piperidine rings is 1. The van der Waals surface area contributed by atoms with Gasteiger partial charge in [0.15, 0.2) is 5.76 Å². The van der Waals surface area contributed by atoms with Crippen LogP contribution in [-0.4, -0.2) is 29.1 Å². The first-order valence-corrected chi connectivity index (χ1v) is 10.9. The van der Waals surface area contributed by atoms with E-state index in [9.17, 15) is 23.1 Å². The number of aliphatic hydroxyl groups is 1. The van der Waals surface area contributed by atoms with E-state index in [0.717, 1.165) is 42.1 Å². The molecule has 1 unspecified atom stereocenters. The molecular formula is C24H24F3N2O4+. The summed E-state index contributed by atoms with van der Waals surface area (Å²) >= 11 is 0. The van der Waals surface area contributed by atoms with E-state index in [2.05, 4.69) is 4.74 Å². The number of aromatic nitrogens is 1. The van der Waals surface area contributed by atoms with Gasteiger partial charge in [-0.25, -0.2) is 0 Å². The van der Waals surface area contributed by atoms with Gasteiger partial charge in [0.1, 0.15) is 24.7 Å². The molecule has 0 spiro atoms. The van der Waals surface area contributed by atoms with Crippen LogP contribution in [0.5, 0.6) is 5.75 Å². The molecule has 4 heterocycles. The molecule has 2 aliphatic rings. The van der Waals surface area contributed by atoms with Gasteiger partial charge in [-0.15, -0.1) is 13.2 Å². The molecule has 1 fully saturated rings. The molecule has 9 heteroatoms. The molecule has 33 heavy (non-hydrogen) atoms. The molecule has 1 saturated heterocycles. The Kier molecular flexibility index (Phi) is 5.54. The van der Waals surface area contributed by atoms with Crippen LogP contribution in [0.2, 0.25) is 0 Å². The minimum absolute atomic E-state index is 0.0532. The van der Waals surface area contributed by atoms with Crippen molar-refractivity contribution < 1.29 is 32.3 Å². The number of pyridine rings is 1. The molecule has 1 aromatic carbocycles. The van der Waals surface area contributed by atoms with Gasteiger partial charge >= 0.3 is 6.36 Å². The lowest BCUT2D eigenvalue weighted by molar-refractivity contribution is -0.925. The van der Waals surface area contributed by atoms with E-state index in [1.165, 1.54) is 23.1 Å². The van der Waals surface area contributed by atoms with Gasteiger partial charge in [-0.2, -0.15) is 0 Å². The number of halogens is 3. The van der Waals surface area contributed by atoms with Crippen molar-refractivity contribution in [2.45, 2.75) is 38.4 Å². The number of rotatable bonds is 5. The number of aliphatic hydroxyl groups excluding tert-OH is 1. The lowest BCUT2D eigenvalue weighted by atomic mass is 9.80. The third-order valence-corrected chi connectivity index (χ3v) is 6.48. The normalized spacial score (nSPS) is 22.1. The number of benzene rings is 1.